The number of rotatable bonds is 10. The predicted octanol–water partition coefficient (Wildman–Crippen LogP) is 6.16. The maximum atomic E-state index is 13.8. The quantitative estimate of drug-likeness (QED) is 0.0882. The number of thioether (sulfide) groups is 1. The number of hydrogen-bond donors (Lipinski definition) is 1. The molecule has 3 aromatic carbocycles. The number of amides is 1. The number of aryl methyl sites for hydroxylation is 2. The first-order chi connectivity index (χ1) is 21.1. The van der Waals surface area contributed by atoms with E-state index in [-0.39, 0.29) is 17.2 Å². The van der Waals surface area contributed by atoms with Gasteiger partial charge in [-0.2, -0.15) is 5.10 Å². The first kappa shape index (κ1) is 28.7. The molecule has 0 spiro atoms. The van der Waals surface area contributed by atoms with E-state index < -0.39 is 0 Å². The lowest BCUT2D eigenvalue weighted by Gasteiger charge is -2.13. The van der Waals surface area contributed by atoms with Gasteiger partial charge in [-0.1, -0.05) is 60.3 Å². The summed E-state index contributed by atoms with van der Waals surface area (Å²) in [6, 6.07) is 24.8. The molecule has 1 N–H and O–H groups in total. The van der Waals surface area contributed by atoms with Gasteiger partial charge < -0.3 is 9.47 Å². The van der Waals surface area contributed by atoms with Crippen LogP contribution in [0.3, 0.4) is 0 Å². The van der Waals surface area contributed by atoms with Gasteiger partial charge in [0.05, 0.1) is 30.2 Å². The van der Waals surface area contributed by atoms with Gasteiger partial charge in [0.2, 0.25) is 0 Å². The minimum atomic E-state index is -0.310. The predicted molar refractivity (Wildman–Crippen MR) is 172 cm³/mol. The summed E-state index contributed by atoms with van der Waals surface area (Å²) >= 11 is 2.82. The Bertz CT molecular complexity index is 1840. The fourth-order valence-corrected chi connectivity index (χ4v) is 7.16. The molecule has 5 aromatic rings. The number of nitrogens with one attached hydrogen (secondary N) is 1. The first-order valence-corrected chi connectivity index (χ1v) is 15.8. The standard InChI is InChI=1S/C33H30N4O4S2/c1-40-26-17-16-23(18-27(26)41-20-22-10-4-2-5-11-22)19-34-36-29(38)21-42-33-35-31-30(25-14-8-9-15-28(25)43-31)32(39)37(33)24-12-6-3-7-13-24/h2-7,10-13,16-19H,8-9,14-15,20-21H2,1H3,(H,36,38)/b34-19+. The fourth-order valence-electron chi connectivity index (χ4n) is 5.05. The second-order valence-electron chi connectivity index (χ2n) is 10.0. The smallest absolute Gasteiger partial charge is 0.267 e. The summed E-state index contributed by atoms with van der Waals surface area (Å²) in [5.74, 6) is 0.915. The van der Waals surface area contributed by atoms with Crippen molar-refractivity contribution in [2.24, 2.45) is 5.10 Å². The van der Waals surface area contributed by atoms with Crippen molar-refractivity contribution in [3.05, 3.63) is 111 Å². The second kappa shape index (κ2) is 13.3. The maximum absolute atomic E-state index is 13.8. The maximum Gasteiger partial charge on any atom is 0.267 e. The lowest BCUT2D eigenvalue weighted by molar-refractivity contribution is -0.118. The molecule has 218 valence electrons. The summed E-state index contributed by atoms with van der Waals surface area (Å²) in [5, 5.41) is 5.34. The van der Waals surface area contributed by atoms with Crippen molar-refractivity contribution >= 4 is 45.4 Å². The molecule has 0 atom stereocenters. The highest BCUT2D eigenvalue weighted by atomic mass is 32.2. The van der Waals surface area contributed by atoms with E-state index in [1.807, 2.05) is 72.8 Å². The molecule has 1 aliphatic rings. The van der Waals surface area contributed by atoms with Gasteiger partial charge in [0.25, 0.3) is 11.5 Å². The monoisotopic (exact) mass is 610 g/mol. The largest absolute Gasteiger partial charge is 0.493 e. The Balaban J connectivity index is 1.16. The van der Waals surface area contributed by atoms with E-state index >= 15 is 0 Å². The number of hydrogen-bond acceptors (Lipinski definition) is 8. The van der Waals surface area contributed by atoms with E-state index in [1.165, 1.54) is 16.6 Å². The number of para-hydroxylation sites is 1. The third-order valence-electron chi connectivity index (χ3n) is 7.13. The van der Waals surface area contributed by atoms with Crippen LogP contribution in [-0.4, -0.2) is 34.5 Å². The van der Waals surface area contributed by atoms with Crippen molar-refractivity contribution in [3.63, 3.8) is 0 Å². The average Bonchev–Trinajstić information content (AvgIpc) is 3.42. The van der Waals surface area contributed by atoms with Crippen LogP contribution in [-0.2, 0) is 24.2 Å². The number of hydrazone groups is 1. The molecule has 0 saturated carbocycles. The van der Waals surface area contributed by atoms with E-state index in [4.69, 9.17) is 14.5 Å². The molecule has 8 nitrogen and oxygen atoms in total. The number of fused-ring (bicyclic) bond motifs is 3. The van der Waals surface area contributed by atoms with Crippen LogP contribution in [0.25, 0.3) is 15.9 Å². The minimum Gasteiger partial charge on any atom is -0.493 e. The average molecular weight is 611 g/mol. The zero-order chi connectivity index (χ0) is 29.6. The number of methoxy groups -OCH3 is 1. The zero-order valence-corrected chi connectivity index (χ0v) is 25.2. The van der Waals surface area contributed by atoms with Crippen LogP contribution < -0.4 is 20.5 Å². The van der Waals surface area contributed by atoms with Crippen LogP contribution in [0.4, 0.5) is 0 Å². The summed E-state index contributed by atoms with van der Waals surface area (Å²) in [7, 11) is 1.59. The highest BCUT2D eigenvalue weighted by Crippen LogP contribution is 2.35. The molecule has 0 bridgehead atoms. The number of thiophene rings is 1. The van der Waals surface area contributed by atoms with Crippen LogP contribution in [0.5, 0.6) is 11.5 Å². The molecule has 0 saturated heterocycles. The minimum absolute atomic E-state index is 0.0429. The van der Waals surface area contributed by atoms with E-state index in [0.717, 1.165) is 52.9 Å². The van der Waals surface area contributed by atoms with Crippen LogP contribution in [0.2, 0.25) is 0 Å². The topological polar surface area (TPSA) is 94.8 Å². The summed E-state index contributed by atoms with van der Waals surface area (Å²) in [4.78, 5) is 33.5. The number of aromatic nitrogens is 2. The highest BCUT2D eigenvalue weighted by Gasteiger charge is 2.23. The van der Waals surface area contributed by atoms with Gasteiger partial charge in [0.1, 0.15) is 11.4 Å². The normalized spacial score (nSPS) is 12.8. The highest BCUT2D eigenvalue weighted by molar-refractivity contribution is 7.99. The number of benzene rings is 3. The Kier molecular flexibility index (Phi) is 8.85. The first-order valence-electron chi connectivity index (χ1n) is 14.0. The Morgan fingerprint density at radius 1 is 1.05 bits per heavy atom. The van der Waals surface area contributed by atoms with E-state index in [0.29, 0.717) is 28.6 Å². The number of carbonyl (C=O) groups excluding carboxylic acids is 1. The lowest BCUT2D eigenvalue weighted by Crippen LogP contribution is -2.24. The lowest BCUT2D eigenvalue weighted by atomic mass is 9.97. The molecule has 0 fully saturated rings. The molecule has 0 radical (unpaired) electrons. The van der Waals surface area contributed by atoms with Crippen molar-refractivity contribution in [1.82, 2.24) is 15.0 Å². The molecule has 2 aromatic heterocycles. The van der Waals surface area contributed by atoms with Crippen molar-refractivity contribution in [2.45, 2.75) is 37.4 Å². The van der Waals surface area contributed by atoms with Crippen LogP contribution in [0.15, 0.2) is 93.9 Å². The van der Waals surface area contributed by atoms with Crippen molar-refractivity contribution in [2.75, 3.05) is 12.9 Å². The number of carbonyl (C=O) groups is 1. The molecule has 0 unspecified atom stereocenters. The molecule has 0 aliphatic heterocycles. The molecular formula is C33H30N4O4S2. The molecule has 10 heteroatoms. The summed E-state index contributed by atoms with van der Waals surface area (Å²) in [5.41, 5.74) is 6.15. The third-order valence-corrected chi connectivity index (χ3v) is 9.26. The van der Waals surface area contributed by atoms with Gasteiger partial charge >= 0.3 is 0 Å². The van der Waals surface area contributed by atoms with E-state index in [9.17, 15) is 9.59 Å². The van der Waals surface area contributed by atoms with Crippen LogP contribution in [0.1, 0.15) is 34.4 Å². The van der Waals surface area contributed by atoms with Gasteiger partial charge in [0.15, 0.2) is 16.7 Å². The SMILES string of the molecule is COc1ccc(/C=N/NC(=O)CSc2nc3sc4c(c3c(=O)n2-c2ccccc2)CCCC4)cc1OCc1ccccc1. The van der Waals surface area contributed by atoms with Gasteiger partial charge in [0, 0.05) is 4.88 Å². The van der Waals surface area contributed by atoms with Gasteiger partial charge in [-0.25, -0.2) is 10.4 Å². The number of ether oxygens (including phenoxy) is 2. The number of nitrogens with zero attached hydrogens (tertiary/aromatic N) is 3. The molecular weight excluding hydrogens is 581 g/mol. The van der Waals surface area contributed by atoms with Crippen LogP contribution >= 0.6 is 23.1 Å². The Morgan fingerprint density at radius 2 is 1.81 bits per heavy atom. The Hall–Kier alpha value is -4.41. The molecule has 1 aliphatic carbocycles. The van der Waals surface area contributed by atoms with Crippen molar-refractivity contribution in [1.29, 1.82) is 0 Å². The molecule has 6 rings (SSSR count). The van der Waals surface area contributed by atoms with Gasteiger partial charge in [-0.3, -0.25) is 14.2 Å². The summed E-state index contributed by atoms with van der Waals surface area (Å²) in [6.45, 7) is 0.397. The van der Waals surface area contributed by atoms with E-state index in [1.54, 1.807) is 35.3 Å². The molecule has 43 heavy (non-hydrogen) atoms. The zero-order valence-electron chi connectivity index (χ0n) is 23.6. The van der Waals surface area contributed by atoms with Gasteiger partial charge in [-0.05, 0) is 72.7 Å². The fraction of sp³-hybridized carbons (Fsp3) is 0.212. The van der Waals surface area contributed by atoms with E-state index in [2.05, 4.69) is 10.5 Å². The summed E-state index contributed by atoms with van der Waals surface area (Å²) in [6.07, 6.45) is 5.66. The third kappa shape index (κ3) is 6.50. The Morgan fingerprint density at radius 3 is 2.60 bits per heavy atom. The molecule has 2 heterocycles. The van der Waals surface area contributed by atoms with Crippen LogP contribution in [0, 0.1) is 0 Å². The van der Waals surface area contributed by atoms with Crippen molar-refractivity contribution < 1.29 is 14.3 Å². The molecule has 1 amide bonds. The Labute approximate surface area is 257 Å². The van der Waals surface area contributed by atoms with Crippen molar-refractivity contribution in [3.8, 4) is 17.2 Å². The summed E-state index contributed by atoms with van der Waals surface area (Å²) < 4.78 is 13.0. The van der Waals surface area contributed by atoms with Gasteiger partial charge in [-0.15, -0.1) is 11.3 Å². The second-order valence-corrected chi connectivity index (χ2v) is 12.1.